The summed E-state index contributed by atoms with van der Waals surface area (Å²) in [5.74, 6) is 1.32. The molecular formula is C16H13NO3S2. The summed E-state index contributed by atoms with van der Waals surface area (Å²) in [6.45, 7) is 2.44. The van der Waals surface area contributed by atoms with Crippen LogP contribution in [0.5, 0.6) is 5.75 Å². The molecular weight excluding hydrogens is 318 g/mol. The van der Waals surface area contributed by atoms with Gasteiger partial charge in [0.2, 0.25) is 0 Å². The quantitative estimate of drug-likeness (QED) is 0.662. The molecule has 3 rings (SSSR count). The lowest BCUT2D eigenvalue weighted by molar-refractivity contribution is 0.247. The lowest BCUT2D eigenvalue weighted by atomic mass is 10.1. The number of amides is 1. The predicted molar refractivity (Wildman–Crippen MR) is 91.8 cm³/mol. The molecule has 4 nitrogen and oxygen atoms in total. The molecule has 1 aromatic carbocycles. The first kappa shape index (κ1) is 14.9. The fraction of sp³-hybridized carbons (Fsp3) is 0.125. The number of nitrogens with zero attached hydrogens (tertiary/aromatic N) is 1. The largest absolute Gasteiger partial charge is 0.507 e. The molecule has 1 aromatic heterocycles. The monoisotopic (exact) mass is 331 g/mol. The van der Waals surface area contributed by atoms with Crippen molar-refractivity contribution in [2.24, 2.45) is 0 Å². The summed E-state index contributed by atoms with van der Waals surface area (Å²) in [5.41, 5.74) is 0.625. The standard InChI is InChI=1S/C16H13NO3S2/c1-2-17-15(21)14(22-16(17)19)9-10-7-8-13(20-10)11-5-3-4-6-12(11)18/h3-9,18H,2H2,1H3/b14-9-. The van der Waals surface area contributed by atoms with E-state index in [-0.39, 0.29) is 11.0 Å². The number of thiocarbonyl (C=S) groups is 1. The third-order valence-electron chi connectivity index (χ3n) is 3.26. The van der Waals surface area contributed by atoms with Crippen molar-refractivity contribution in [1.82, 2.24) is 4.90 Å². The van der Waals surface area contributed by atoms with E-state index in [2.05, 4.69) is 0 Å². The summed E-state index contributed by atoms with van der Waals surface area (Å²) in [4.78, 5) is 14.6. The fourth-order valence-electron chi connectivity index (χ4n) is 2.16. The van der Waals surface area contributed by atoms with Gasteiger partial charge in [0.1, 0.15) is 22.3 Å². The molecule has 0 spiro atoms. The third-order valence-corrected chi connectivity index (χ3v) is 4.76. The number of rotatable bonds is 3. The summed E-state index contributed by atoms with van der Waals surface area (Å²) in [7, 11) is 0. The van der Waals surface area contributed by atoms with Gasteiger partial charge < -0.3 is 9.52 Å². The van der Waals surface area contributed by atoms with Crippen molar-refractivity contribution in [3.8, 4) is 17.1 Å². The Hall–Kier alpha value is -2.05. The molecule has 0 aliphatic carbocycles. The maximum Gasteiger partial charge on any atom is 0.291 e. The Morgan fingerprint density at radius 3 is 2.77 bits per heavy atom. The van der Waals surface area contributed by atoms with Crippen LogP contribution in [0.2, 0.25) is 0 Å². The zero-order valence-corrected chi connectivity index (χ0v) is 13.4. The zero-order chi connectivity index (χ0) is 15.7. The molecule has 0 atom stereocenters. The highest BCUT2D eigenvalue weighted by molar-refractivity contribution is 8.19. The molecule has 0 bridgehead atoms. The number of hydrogen-bond acceptors (Lipinski definition) is 5. The number of furan rings is 1. The van der Waals surface area contributed by atoms with Crippen molar-refractivity contribution >= 4 is 40.3 Å². The summed E-state index contributed by atoms with van der Waals surface area (Å²) < 4.78 is 5.73. The average molecular weight is 331 g/mol. The van der Waals surface area contributed by atoms with E-state index in [1.807, 2.05) is 13.0 Å². The summed E-state index contributed by atoms with van der Waals surface area (Å²) in [6, 6.07) is 10.5. The number of phenolic OH excluding ortho intramolecular Hbond substituents is 1. The minimum atomic E-state index is -0.0637. The minimum absolute atomic E-state index is 0.0637. The van der Waals surface area contributed by atoms with Gasteiger partial charge in [0.15, 0.2) is 0 Å². The first-order valence-electron chi connectivity index (χ1n) is 6.73. The first-order valence-corrected chi connectivity index (χ1v) is 7.96. The van der Waals surface area contributed by atoms with E-state index in [1.54, 1.807) is 41.3 Å². The molecule has 1 aliphatic rings. The van der Waals surface area contributed by atoms with Crippen molar-refractivity contribution < 1.29 is 14.3 Å². The van der Waals surface area contributed by atoms with Gasteiger partial charge in [-0.15, -0.1) is 0 Å². The van der Waals surface area contributed by atoms with E-state index in [1.165, 1.54) is 0 Å². The topological polar surface area (TPSA) is 53.7 Å². The SMILES string of the molecule is CCN1C(=O)S/C(=C\c2ccc(-c3ccccc3O)o2)C1=S. The van der Waals surface area contributed by atoms with Crippen LogP contribution >= 0.6 is 24.0 Å². The van der Waals surface area contributed by atoms with Crippen LogP contribution in [0.4, 0.5) is 4.79 Å². The van der Waals surface area contributed by atoms with E-state index in [9.17, 15) is 9.90 Å². The van der Waals surface area contributed by atoms with Crippen LogP contribution in [0.3, 0.4) is 0 Å². The van der Waals surface area contributed by atoms with Crippen LogP contribution in [-0.4, -0.2) is 26.8 Å². The Morgan fingerprint density at radius 1 is 1.32 bits per heavy atom. The molecule has 0 unspecified atom stereocenters. The van der Waals surface area contributed by atoms with Gasteiger partial charge in [-0.2, -0.15) is 0 Å². The maximum atomic E-state index is 11.8. The highest BCUT2D eigenvalue weighted by Crippen LogP contribution is 2.35. The van der Waals surface area contributed by atoms with Crippen LogP contribution in [0.25, 0.3) is 17.4 Å². The lowest BCUT2D eigenvalue weighted by Crippen LogP contribution is -2.26. The number of thioether (sulfide) groups is 1. The van der Waals surface area contributed by atoms with Crippen molar-refractivity contribution in [2.75, 3.05) is 6.54 Å². The average Bonchev–Trinajstić information content (AvgIpc) is 3.05. The molecule has 0 saturated carbocycles. The molecule has 1 amide bonds. The highest BCUT2D eigenvalue weighted by atomic mass is 32.2. The van der Waals surface area contributed by atoms with Crippen molar-refractivity contribution in [3.05, 3.63) is 47.1 Å². The second kappa shape index (κ2) is 5.98. The summed E-state index contributed by atoms with van der Waals surface area (Å²) >= 11 is 6.40. The number of para-hydroxylation sites is 1. The van der Waals surface area contributed by atoms with Crippen molar-refractivity contribution in [2.45, 2.75) is 6.92 Å². The Morgan fingerprint density at radius 2 is 2.09 bits per heavy atom. The maximum absolute atomic E-state index is 11.8. The van der Waals surface area contributed by atoms with E-state index in [0.717, 1.165) is 11.8 Å². The molecule has 2 aromatic rings. The van der Waals surface area contributed by atoms with E-state index in [4.69, 9.17) is 16.6 Å². The summed E-state index contributed by atoms with van der Waals surface area (Å²) in [6.07, 6.45) is 1.75. The molecule has 1 saturated heterocycles. The minimum Gasteiger partial charge on any atom is -0.507 e. The Labute approximate surface area is 137 Å². The van der Waals surface area contributed by atoms with Gasteiger partial charge in [0.05, 0.1) is 10.5 Å². The lowest BCUT2D eigenvalue weighted by Gasteiger charge is -2.09. The first-order chi connectivity index (χ1) is 10.6. The van der Waals surface area contributed by atoms with Crippen LogP contribution in [0.1, 0.15) is 12.7 Å². The van der Waals surface area contributed by atoms with Gasteiger partial charge in [0.25, 0.3) is 5.24 Å². The van der Waals surface area contributed by atoms with Crippen LogP contribution in [0, 0.1) is 0 Å². The van der Waals surface area contributed by atoms with Crippen molar-refractivity contribution in [1.29, 1.82) is 0 Å². The molecule has 22 heavy (non-hydrogen) atoms. The predicted octanol–water partition coefficient (Wildman–Crippen LogP) is 4.51. The van der Waals surface area contributed by atoms with Crippen LogP contribution < -0.4 is 0 Å². The Bertz CT molecular complexity index is 779. The van der Waals surface area contributed by atoms with Crippen LogP contribution in [0.15, 0.2) is 45.7 Å². The van der Waals surface area contributed by atoms with Gasteiger partial charge in [-0.25, -0.2) is 0 Å². The van der Waals surface area contributed by atoms with E-state index >= 15 is 0 Å². The number of phenols is 1. The molecule has 112 valence electrons. The number of aromatic hydroxyl groups is 1. The zero-order valence-electron chi connectivity index (χ0n) is 11.8. The van der Waals surface area contributed by atoms with Gasteiger partial charge in [-0.05, 0) is 49.0 Å². The number of likely N-dealkylation sites (N-methyl/N-ethyl adjacent to an activating group) is 1. The Kier molecular flexibility index (Phi) is 4.04. The number of benzene rings is 1. The van der Waals surface area contributed by atoms with Gasteiger partial charge in [0, 0.05) is 6.54 Å². The number of hydrogen-bond donors (Lipinski definition) is 1. The van der Waals surface area contributed by atoms with Gasteiger partial charge in [-0.1, -0.05) is 24.4 Å². The second-order valence-corrected chi connectivity index (χ2v) is 6.03. The van der Waals surface area contributed by atoms with Gasteiger partial charge >= 0.3 is 0 Å². The van der Waals surface area contributed by atoms with Crippen LogP contribution in [-0.2, 0) is 0 Å². The van der Waals surface area contributed by atoms with E-state index in [0.29, 0.717) is 33.5 Å². The van der Waals surface area contributed by atoms with E-state index < -0.39 is 0 Å². The molecule has 1 aliphatic heterocycles. The number of carbonyl (C=O) groups excluding carboxylic acids is 1. The van der Waals surface area contributed by atoms with Crippen molar-refractivity contribution in [3.63, 3.8) is 0 Å². The smallest absolute Gasteiger partial charge is 0.291 e. The second-order valence-electron chi connectivity index (χ2n) is 4.65. The normalized spacial score (nSPS) is 16.8. The fourth-order valence-corrected chi connectivity index (χ4v) is 3.50. The highest BCUT2D eigenvalue weighted by Gasteiger charge is 2.30. The molecule has 1 fully saturated rings. The molecule has 1 N–H and O–H groups in total. The number of carbonyl (C=O) groups is 1. The van der Waals surface area contributed by atoms with Gasteiger partial charge in [-0.3, -0.25) is 9.69 Å². The summed E-state index contributed by atoms with van der Waals surface area (Å²) in [5, 5.41) is 9.79. The molecule has 6 heteroatoms. The molecule has 0 radical (unpaired) electrons. The molecule has 2 heterocycles. The Balaban J connectivity index is 1.90. The third kappa shape index (κ3) is 2.67.